The van der Waals surface area contributed by atoms with Crippen LogP contribution in [0.1, 0.15) is 20.3 Å². The number of carbonyl (C=O) groups excluding carboxylic acids is 1. The molecule has 7 heteroatoms. The molecule has 18 heavy (non-hydrogen) atoms. The molecule has 0 bridgehead atoms. The van der Waals surface area contributed by atoms with Crippen molar-refractivity contribution in [2.24, 2.45) is 0 Å². The topological polar surface area (TPSA) is 99.1 Å². The van der Waals surface area contributed by atoms with Gasteiger partial charge in [-0.15, -0.1) is 0 Å². The number of aliphatic carboxylic acids is 1. The van der Waals surface area contributed by atoms with Crippen LogP contribution in [0.4, 0.5) is 4.79 Å². The highest BCUT2D eigenvalue weighted by molar-refractivity contribution is 5.75. The van der Waals surface area contributed by atoms with Gasteiger partial charge in [0.25, 0.3) is 0 Å². The second-order valence-electron chi connectivity index (χ2n) is 4.15. The number of hydrogen-bond donors (Lipinski definition) is 3. The van der Waals surface area contributed by atoms with Crippen LogP contribution in [0.5, 0.6) is 0 Å². The first kappa shape index (κ1) is 16.7. The van der Waals surface area contributed by atoms with Crippen molar-refractivity contribution in [1.82, 2.24) is 10.2 Å². The molecule has 0 saturated carbocycles. The average Bonchev–Trinajstić information content (AvgIpc) is 2.28. The van der Waals surface area contributed by atoms with E-state index in [-0.39, 0.29) is 25.0 Å². The van der Waals surface area contributed by atoms with Crippen LogP contribution in [0.15, 0.2) is 0 Å². The van der Waals surface area contributed by atoms with E-state index in [4.69, 9.17) is 14.9 Å². The standard InChI is InChI=1S/C11H22N2O5/c1-8(2)13(6-7-18-3)11(17)12-5-4-9(14)10(15)16/h8-9,14H,4-7H2,1-3H3,(H,12,17)(H,15,16)/t9-/m0/s1. The number of ether oxygens (including phenoxy) is 1. The molecule has 0 aliphatic heterocycles. The van der Waals surface area contributed by atoms with Crippen LogP contribution in [0.3, 0.4) is 0 Å². The fraction of sp³-hybridized carbons (Fsp3) is 0.818. The molecule has 0 fully saturated rings. The van der Waals surface area contributed by atoms with Gasteiger partial charge in [0, 0.05) is 32.7 Å². The number of carbonyl (C=O) groups is 2. The van der Waals surface area contributed by atoms with E-state index in [2.05, 4.69) is 5.32 Å². The van der Waals surface area contributed by atoms with Gasteiger partial charge in [-0.1, -0.05) is 0 Å². The van der Waals surface area contributed by atoms with E-state index in [0.717, 1.165) is 0 Å². The molecule has 0 rings (SSSR count). The van der Waals surface area contributed by atoms with Gasteiger partial charge in [-0.3, -0.25) is 0 Å². The highest BCUT2D eigenvalue weighted by Gasteiger charge is 2.17. The molecule has 106 valence electrons. The first-order valence-electron chi connectivity index (χ1n) is 5.84. The summed E-state index contributed by atoms with van der Waals surface area (Å²) in [4.78, 5) is 23.7. The minimum atomic E-state index is -1.45. The Morgan fingerprint density at radius 3 is 2.44 bits per heavy atom. The van der Waals surface area contributed by atoms with Crippen molar-refractivity contribution in [3.63, 3.8) is 0 Å². The molecule has 0 saturated heterocycles. The van der Waals surface area contributed by atoms with E-state index in [1.807, 2.05) is 13.8 Å². The van der Waals surface area contributed by atoms with E-state index in [1.165, 1.54) is 0 Å². The third-order valence-corrected chi connectivity index (χ3v) is 2.40. The van der Waals surface area contributed by atoms with Crippen molar-refractivity contribution < 1.29 is 24.5 Å². The predicted octanol–water partition coefficient (Wildman–Crippen LogP) is -0.112. The SMILES string of the molecule is COCCN(C(=O)NCC[C@H](O)C(=O)O)C(C)C. The summed E-state index contributed by atoms with van der Waals surface area (Å²) < 4.78 is 4.91. The van der Waals surface area contributed by atoms with Crippen molar-refractivity contribution in [2.75, 3.05) is 26.8 Å². The van der Waals surface area contributed by atoms with E-state index >= 15 is 0 Å². The van der Waals surface area contributed by atoms with Gasteiger partial charge in [0.2, 0.25) is 0 Å². The highest BCUT2D eigenvalue weighted by Crippen LogP contribution is 1.99. The number of aliphatic hydroxyl groups is 1. The van der Waals surface area contributed by atoms with Gasteiger partial charge in [0.15, 0.2) is 6.10 Å². The molecule has 0 spiro atoms. The number of carboxylic acids is 1. The third kappa shape index (κ3) is 6.41. The normalized spacial score (nSPS) is 12.3. The maximum Gasteiger partial charge on any atom is 0.332 e. The fourth-order valence-electron chi connectivity index (χ4n) is 1.32. The first-order chi connectivity index (χ1) is 8.40. The summed E-state index contributed by atoms with van der Waals surface area (Å²) in [5, 5.41) is 20.1. The molecule has 0 heterocycles. The van der Waals surface area contributed by atoms with E-state index in [1.54, 1.807) is 12.0 Å². The molecule has 7 nitrogen and oxygen atoms in total. The molecular weight excluding hydrogens is 240 g/mol. The first-order valence-corrected chi connectivity index (χ1v) is 5.84. The Hall–Kier alpha value is -1.34. The van der Waals surface area contributed by atoms with Crippen LogP contribution >= 0.6 is 0 Å². The van der Waals surface area contributed by atoms with Crippen molar-refractivity contribution in [3.05, 3.63) is 0 Å². The zero-order chi connectivity index (χ0) is 14.1. The molecule has 0 aliphatic carbocycles. The van der Waals surface area contributed by atoms with E-state index < -0.39 is 12.1 Å². The van der Waals surface area contributed by atoms with Gasteiger partial charge < -0.3 is 25.2 Å². The average molecular weight is 262 g/mol. The lowest BCUT2D eigenvalue weighted by atomic mass is 10.2. The van der Waals surface area contributed by atoms with Gasteiger partial charge in [-0.25, -0.2) is 9.59 Å². The highest BCUT2D eigenvalue weighted by atomic mass is 16.5. The second-order valence-corrected chi connectivity index (χ2v) is 4.15. The number of methoxy groups -OCH3 is 1. The van der Waals surface area contributed by atoms with Crippen LogP contribution in [-0.2, 0) is 9.53 Å². The molecular formula is C11H22N2O5. The van der Waals surface area contributed by atoms with Crippen LogP contribution in [-0.4, -0.2) is 66.1 Å². The van der Waals surface area contributed by atoms with Crippen LogP contribution in [0.2, 0.25) is 0 Å². The lowest BCUT2D eigenvalue weighted by Crippen LogP contribution is -2.46. The number of urea groups is 1. The van der Waals surface area contributed by atoms with Crippen molar-refractivity contribution in [3.8, 4) is 0 Å². The number of nitrogens with zero attached hydrogens (tertiary/aromatic N) is 1. The lowest BCUT2D eigenvalue weighted by Gasteiger charge is -2.26. The van der Waals surface area contributed by atoms with Crippen molar-refractivity contribution in [2.45, 2.75) is 32.4 Å². The molecule has 1 atom stereocenters. The monoisotopic (exact) mass is 262 g/mol. The van der Waals surface area contributed by atoms with E-state index in [0.29, 0.717) is 13.2 Å². The maximum atomic E-state index is 11.8. The van der Waals surface area contributed by atoms with Gasteiger partial charge in [0.05, 0.1) is 6.61 Å². The Morgan fingerprint density at radius 1 is 1.39 bits per heavy atom. The molecule has 0 aliphatic rings. The number of rotatable bonds is 8. The molecule has 0 aromatic carbocycles. The van der Waals surface area contributed by atoms with Crippen molar-refractivity contribution >= 4 is 12.0 Å². The van der Waals surface area contributed by atoms with Gasteiger partial charge >= 0.3 is 12.0 Å². The summed E-state index contributed by atoms with van der Waals surface area (Å²) in [6.07, 6.45) is -1.46. The predicted molar refractivity (Wildman–Crippen MR) is 65.4 cm³/mol. The Kier molecular flexibility index (Phi) is 8.06. The van der Waals surface area contributed by atoms with Gasteiger partial charge in [-0.2, -0.15) is 0 Å². The Morgan fingerprint density at radius 2 is 2.00 bits per heavy atom. The van der Waals surface area contributed by atoms with Gasteiger partial charge in [0.1, 0.15) is 0 Å². The lowest BCUT2D eigenvalue weighted by molar-refractivity contribution is -0.146. The number of nitrogens with one attached hydrogen (secondary N) is 1. The summed E-state index contributed by atoms with van der Waals surface area (Å²) in [5.41, 5.74) is 0. The zero-order valence-corrected chi connectivity index (χ0v) is 11.0. The molecule has 3 N–H and O–H groups in total. The quantitative estimate of drug-likeness (QED) is 0.567. The Bertz CT molecular complexity index is 270. The third-order valence-electron chi connectivity index (χ3n) is 2.40. The smallest absolute Gasteiger partial charge is 0.332 e. The van der Waals surface area contributed by atoms with Crippen molar-refractivity contribution in [1.29, 1.82) is 0 Å². The van der Waals surface area contributed by atoms with Crippen LogP contribution in [0.25, 0.3) is 0 Å². The van der Waals surface area contributed by atoms with Crippen LogP contribution in [0, 0.1) is 0 Å². The summed E-state index contributed by atoms with van der Waals surface area (Å²) in [6, 6.07) is -0.274. The molecule has 0 aromatic rings. The minimum Gasteiger partial charge on any atom is -0.479 e. The number of aliphatic hydroxyl groups excluding tert-OH is 1. The molecule has 0 radical (unpaired) electrons. The van der Waals surface area contributed by atoms with Gasteiger partial charge in [-0.05, 0) is 13.8 Å². The fourth-order valence-corrected chi connectivity index (χ4v) is 1.32. The largest absolute Gasteiger partial charge is 0.479 e. The number of carboxylic acid groups (broad SMARTS) is 1. The minimum absolute atomic E-state index is 0.0166. The number of hydrogen-bond acceptors (Lipinski definition) is 4. The summed E-state index contributed by atoms with van der Waals surface area (Å²) in [5.74, 6) is -1.29. The summed E-state index contributed by atoms with van der Waals surface area (Å²) >= 11 is 0. The summed E-state index contributed by atoms with van der Waals surface area (Å²) in [7, 11) is 1.56. The number of amides is 2. The van der Waals surface area contributed by atoms with Crippen LogP contribution < -0.4 is 5.32 Å². The van der Waals surface area contributed by atoms with E-state index in [9.17, 15) is 9.59 Å². The Balaban J connectivity index is 4.06. The second kappa shape index (κ2) is 8.71. The Labute approximate surface area is 107 Å². The maximum absolute atomic E-state index is 11.8. The summed E-state index contributed by atoms with van der Waals surface area (Å²) in [6.45, 7) is 4.76. The molecule has 0 aromatic heterocycles. The molecule has 2 amide bonds. The molecule has 0 unspecified atom stereocenters. The zero-order valence-electron chi connectivity index (χ0n) is 11.0.